The van der Waals surface area contributed by atoms with Crippen LogP contribution in [-0.2, 0) is 6.54 Å². The summed E-state index contributed by atoms with van der Waals surface area (Å²) in [7, 11) is 0. The number of aromatic nitrogens is 1. The average Bonchev–Trinajstić information content (AvgIpc) is 3.07. The van der Waals surface area contributed by atoms with Gasteiger partial charge in [-0.1, -0.05) is 12.1 Å². The number of nitrogens with one attached hydrogen (secondary N) is 1. The van der Waals surface area contributed by atoms with E-state index >= 15 is 0 Å². The SMILES string of the molecule is O=C(NCc1cccc(F)c1)c1ccc(-c2ccsc2)nc1. The van der Waals surface area contributed by atoms with Gasteiger partial charge in [0, 0.05) is 23.7 Å². The average molecular weight is 312 g/mol. The molecule has 1 aromatic carbocycles. The quantitative estimate of drug-likeness (QED) is 0.794. The Balaban J connectivity index is 1.65. The molecule has 1 N–H and O–H groups in total. The Morgan fingerprint density at radius 2 is 2.14 bits per heavy atom. The first kappa shape index (κ1) is 14.4. The maximum absolute atomic E-state index is 13.1. The minimum absolute atomic E-state index is 0.228. The number of thiophene rings is 1. The van der Waals surface area contributed by atoms with E-state index in [0.717, 1.165) is 16.8 Å². The Labute approximate surface area is 131 Å². The summed E-state index contributed by atoms with van der Waals surface area (Å²) >= 11 is 1.60. The highest BCUT2D eigenvalue weighted by atomic mass is 32.1. The molecule has 0 bridgehead atoms. The molecular formula is C17H13FN2OS. The van der Waals surface area contributed by atoms with Crippen molar-refractivity contribution in [3.63, 3.8) is 0 Å². The summed E-state index contributed by atoms with van der Waals surface area (Å²) in [6.07, 6.45) is 1.55. The normalized spacial score (nSPS) is 10.4. The molecule has 0 aliphatic rings. The molecule has 0 saturated carbocycles. The molecular weight excluding hydrogens is 299 g/mol. The minimum Gasteiger partial charge on any atom is -0.348 e. The van der Waals surface area contributed by atoms with Gasteiger partial charge in [0.25, 0.3) is 5.91 Å². The first-order valence-corrected chi connectivity index (χ1v) is 7.68. The van der Waals surface area contributed by atoms with Crippen LogP contribution in [0, 0.1) is 5.82 Å². The number of amides is 1. The number of hydrogen-bond donors (Lipinski definition) is 1. The smallest absolute Gasteiger partial charge is 0.253 e. The van der Waals surface area contributed by atoms with Crippen molar-refractivity contribution in [3.8, 4) is 11.3 Å². The lowest BCUT2D eigenvalue weighted by Crippen LogP contribution is -2.22. The highest BCUT2D eigenvalue weighted by Crippen LogP contribution is 2.19. The third kappa shape index (κ3) is 3.38. The van der Waals surface area contributed by atoms with E-state index in [4.69, 9.17) is 0 Å². The van der Waals surface area contributed by atoms with E-state index in [1.165, 1.54) is 12.1 Å². The minimum atomic E-state index is -0.312. The highest BCUT2D eigenvalue weighted by molar-refractivity contribution is 7.08. The maximum Gasteiger partial charge on any atom is 0.253 e. The molecule has 0 fully saturated rings. The van der Waals surface area contributed by atoms with Crippen LogP contribution in [0.2, 0.25) is 0 Å². The van der Waals surface area contributed by atoms with Gasteiger partial charge in [0.1, 0.15) is 5.82 Å². The molecule has 3 nitrogen and oxygen atoms in total. The van der Waals surface area contributed by atoms with Crippen molar-refractivity contribution in [2.24, 2.45) is 0 Å². The van der Waals surface area contributed by atoms with E-state index in [1.807, 2.05) is 22.9 Å². The van der Waals surface area contributed by atoms with Crippen LogP contribution in [0.25, 0.3) is 11.3 Å². The second-order valence-corrected chi connectivity index (χ2v) is 5.54. The van der Waals surface area contributed by atoms with Crippen LogP contribution in [-0.4, -0.2) is 10.9 Å². The number of carbonyl (C=O) groups excluding carboxylic acids is 1. The van der Waals surface area contributed by atoms with E-state index < -0.39 is 0 Å². The van der Waals surface area contributed by atoms with Crippen molar-refractivity contribution in [2.75, 3.05) is 0 Å². The van der Waals surface area contributed by atoms with Crippen LogP contribution in [0.3, 0.4) is 0 Å². The fourth-order valence-electron chi connectivity index (χ4n) is 2.04. The number of rotatable bonds is 4. The lowest BCUT2D eigenvalue weighted by Gasteiger charge is -2.06. The van der Waals surface area contributed by atoms with Gasteiger partial charge in [-0.25, -0.2) is 4.39 Å². The predicted octanol–water partition coefficient (Wildman–Crippen LogP) is 3.88. The van der Waals surface area contributed by atoms with Crippen LogP contribution in [0.15, 0.2) is 59.4 Å². The number of benzene rings is 1. The summed E-state index contributed by atoms with van der Waals surface area (Å²) in [6.45, 7) is 0.281. The molecule has 1 amide bonds. The first-order valence-electron chi connectivity index (χ1n) is 6.73. The largest absolute Gasteiger partial charge is 0.348 e. The van der Waals surface area contributed by atoms with Gasteiger partial charge < -0.3 is 5.32 Å². The number of halogens is 1. The zero-order valence-electron chi connectivity index (χ0n) is 11.6. The Hall–Kier alpha value is -2.53. The lowest BCUT2D eigenvalue weighted by atomic mass is 10.1. The molecule has 0 radical (unpaired) electrons. The fourth-order valence-corrected chi connectivity index (χ4v) is 2.69. The van der Waals surface area contributed by atoms with Gasteiger partial charge in [-0.3, -0.25) is 9.78 Å². The second kappa shape index (κ2) is 6.49. The molecule has 5 heteroatoms. The molecule has 3 aromatic rings. The monoisotopic (exact) mass is 312 g/mol. The van der Waals surface area contributed by atoms with Crippen molar-refractivity contribution >= 4 is 17.2 Å². The standard InChI is InChI=1S/C17H13FN2OS/c18-15-3-1-2-12(8-15)9-20-17(21)13-4-5-16(19-10-13)14-6-7-22-11-14/h1-8,10-11H,9H2,(H,20,21). The molecule has 0 aliphatic heterocycles. The summed E-state index contributed by atoms with van der Waals surface area (Å²) in [5.74, 6) is -0.540. The van der Waals surface area contributed by atoms with Crippen LogP contribution in [0.4, 0.5) is 4.39 Å². The third-order valence-electron chi connectivity index (χ3n) is 3.18. The van der Waals surface area contributed by atoms with Gasteiger partial charge >= 0.3 is 0 Å². The number of carbonyl (C=O) groups is 1. The number of nitrogens with zero attached hydrogens (tertiary/aromatic N) is 1. The Bertz CT molecular complexity index is 770. The Morgan fingerprint density at radius 1 is 1.23 bits per heavy atom. The zero-order valence-corrected chi connectivity index (χ0v) is 12.4. The van der Waals surface area contributed by atoms with Gasteiger partial charge in [-0.15, -0.1) is 0 Å². The van der Waals surface area contributed by atoms with E-state index in [2.05, 4.69) is 10.3 Å². The molecule has 110 valence electrons. The van der Waals surface area contributed by atoms with Crippen LogP contribution in [0.5, 0.6) is 0 Å². The topological polar surface area (TPSA) is 42.0 Å². The molecule has 3 rings (SSSR count). The summed E-state index contributed by atoms with van der Waals surface area (Å²) in [5.41, 5.74) is 3.08. The molecule has 22 heavy (non-hydrogen) atoms. The summed E-state index contributed by atoms with van der Waals surface area (Å²) < 4.78 is 13.1. The van der Waals surface area contributed by atoms with Gasteiger partial charge in [0.05, 0.1) is 11.3 Å². The van der Waals surface area contributed by atoms with Gasteiger partial charge in [0.2, 0.25) is 0 Å². The van der Waals surface area contributed by atoms with E-state index in [-0.39, 0.29) is 18.3 Å². The second-order valence-electron chi connectivity index (χ2n) is 4.76. The third-order valence-corrected chi connectivity index (χ3v) is 3.87. The van der Waals surface area contributed by atoms with Crippen molar-refractivity contribution < 1.29 is 9.18 Å². The Morgan fingerprint density at radius 3 is 2.82 bits per heavy atom. The van der Waals surface area contributed by atoms with Crippen molar-refractivity contribution in [3.05, 3.63) is 76.4 Å². The van der Waals surface area contributed by atoms with Gasteiger partial charge in [-0.2, -0.15) is 11.3 Å². The molecule has 0 aliphatic carbocycles. The molecule has 2 aromatic heterocycles. The first-order chi connectivity index (χ1) is 10.7. The molecule has 2 heterocycles. The van der Waals surface area contributed by atoms with E-state index in [1.54, 1.807) is 35.7 Å². The summed E-state index contributed by atoms with van der Waals surface area (Å²) in [6, 6.07) is 11.7. The van der Waals surface area contributed by atoms with Crippen molar-refractivity contribution in [1.29, 1.82) is 0 Å². The van der Waals surface area contributed by atoms with Crippen LogP contribution in [0.1, 0.15) is 15.9 Å². The number of pyridine rings is 1. The summed E-state index contributed by atoms with van der Waals surface area (Å²) in [4.78, 5) is 16.4. The molecule has 0 saturated heterocycles. The van der Waals surface area contributed by atoms with Gasteiger partial charge in [-0.05, 0) is 41.3 Å². The van der Waals surface area contributed by atoms with Crippen LogP contribution >= 0.6 is 11.3 Å². The van der Waals surface area contributed by atoms with E-state index in [9.17, 15) is 9.18 Å². The van der Waals surface area contributed by atoms with Crippen molar-refractivity contribution in [2.45, 2.75) is 6.54 Å². The lowest BCUT2D eigenvalue weighted by molar-refractivity contribution is 0.0950. The number of hydrogen-bond acceptors (Lipinski definition) is 3. The molecule has 0 spiro atoms. The van der Waals surface area contributed by atoms with Crippen LogP contribution < -0.4 is 5.32 Å². The summed E-state index contributed by atoms with van der Waals surface area (Å²) in [5, 5.41) is 6.74. The predicted molar refractivity (Wildman–Crippen MR) is 85.1 cm³/mol. The zero-order chi connectivity index (χ0) is 15.4. The molecule has 0 unspecified atom stereocenters. The highest BCUT2D eigenvalue weighted by Gasteiger charge is 2.07. The fraction of sp³-hybridized carbons (Fsp3) is 0.0588. The maximum atomic E-state index is 13.1. The van der Waals surface area contributed by atoms with Gasteiger partial charge in [0.15, 0.2) is 0 Å². The van der Waals surface area contributed by atoms with E-state index in [0.29, 0.717) is 5.56 Å². The Kier molecular flexibility index (Phi) is 4.25. The van der Waals surface area contributed by atoms with Crippen molar-refractivity contribution in [1.82, 2.24) is 10.3 Å². The molecule has 0 atom stereocenters.